The molecule has 1 N–H and O–H groups in total. The molecule has 0 aliphatic rings. The molecule has 6 heteroatoms. The van der Waals surface area contributed by atoms with E-state index in [0.717, 1.165) is 17.7 Å². The van der Waals surface area contributed by atoms with E-state index in [1.165, 1.54) is 12.1 Å². The van der Waals surface area contributed by atoms with Crippen molar-refractivity contribution in [2.45, 2.75) is 20.3 Å². The zero-order valence-electron chi connectivity index (χ0n) is 13.8. The van der Waals surface area contributed by atoms with Gasteiger partial charge in [-0.2, -0.15) is 5.10 Å². The average molecular weight is 327 g/mol. The second-order valence-corrected chi connectivity index (χ2v) is 5.78. The van der Waals surface area contributed by atoms with Gasteiger partial charge >= 0.3 is 0 Å². The highest BCUT2D eigenvalue weighted by Gasteiger charge is 2.04. The first-order chi connectivity index (χ1) is 11.5. The van der Waals surface area contributed by atoms with Gasteiger partial charge in [0.1, 0.15) is 5.75 Å². The minimum atomic E-state index is -0.438. The van der Waals surface area contributed by atoms with Crippen molar-refractivity contribution in [3.8, 4) is 5.75 Å². The molecule has 126 valence electrons. The fourth-order valence-electron chi connectivity index (χ4n) is 1.93. The minimum Gasteiger partial charge on any atom is -0.494 e. The second kappa shape index (κ2) is 8.67. The largest absolute Gasteiger partial charge is 0.494 e. The summed E-state index contributed by atoms with van der Waals surface area (Å²) in [7, 11) is 0. The van der Waals surface area contributed by atoms with Crippen LogP contribution in [0.4, 0.5) is 11.4 Å². The zero-order chi connectivity index (χ0) is 17.4. The lowest BCUT2D eigenvalue weighted by Crippen LogP contribution is -2.01. The fraction of sp³-hybridized carbons (Fsp3) is 0.278. The second-order valence-electron chi connectivity index (χ2n) is 5.78. The molecule has 0 spiro atoms. The Morgan fingerprint density at radius 1 is 1.25 bits per heavy atom. The molecule has 0 aliphatic heterocycles. The SMILES string of the molecule is CC(C)CCOc1ccc(C=NNc2cccc([N+](=O)[O-])c2)cc1. The lowest BCUT2D eigenvalue weighted by molar-refractivity contribution is -0.384. The van der Waals surface area contributed by atoms with Crippen LogP contribution in [0.2, 0.25) is 0 Å². The summed E-state index contributed by atoms with van der Waals surface area (Å²) >= 11 is 0. The van der Waals surface area contributed by atoms with Gasteiger partial charge in [0.15, 0.2) is 0 Å². The predicted molar refractivity (Wildman–Crippen MR) is 95.7 cm³/mol. The van der Waals surface area contributed by atoms with Gasteiger partial charge < -0.3 is 4.74 Å². The number of hydrogen-bond acceptors (Lipinski definition) is 5. The number of non-ortho nitro benzene ring substituents is 1. The number of nitro groups is 1. The van der Waals surface area contributed by atoms with E-state index in [1.54, 1.807) is 18.3 Å². The van der Waals surface area contributed by atoms with Crippen molar-refractivity contribution < 1.29 is 9.66 Å². The predicted octanol–water partition coefficient (Wildman–Crippen LogP) is 4.47. The maximum atomic E-state index is 10.7. The van der Waals surface area contributed by atoms with Gasteiger partial charge in [0.2, 0.25) is 0 Å². The van der Waals surface area contributed by atoms with Gasteiger partial charge in [-0.15, -0.1) is 0 Å². The molecule has 6 nitrogen and oxygen atoms in total. The van der Waals surface area contributed by atoms with Crippen molar-refractivity contribution in [1.82, 2.24) is 0 Å². The molecule has 0 radical (unpaired) electrons. The molecule has 0 fully saturated rings. The molecule has 2 aromatic rings. The Kier molecular flexibility index (Phi) is 6.31. The van der Waals surface area contributed by atoms with Crippen LogP contribution in [0, 0.1) is 16.0 Å². The van der Waals surface area contributed by atoms with Gasteiger partial charge in [0.25, 0.3) is 5.69 Å². The van der Waals surface area contributed by atoms with Crippen LogP contribution in [0.5, 0.6) is 5.75 Å². The minimum absolute atomic E-state index is 0.0260. The molecule has 2 aromatic carbocycles. The van der Waals surface area contributed by atoms with Crippen LogP contribution < -0.4 is 10.2 Å². The summed E-state index contributed by atoms with van der Waals surface area (Å²) < 4.78 is 5.66. The summed E-state index contributed by atoms with van der Waals surface area (Å²) in [5, 5.41) is 14.8. The van der Waals surface area contributed by atoms with Crippen LogP contribution in [0.3, 0.4) is 0 Å². The Labute approximate surface area is 141 Å². The van der Waals surface area contributed by atoms with Crippen LogP contribution in [-0.4, -0.2) is 17.7 Å². The van der Waals surface area contributed by atoms with Crippen LogP contribution in [-0.2, 0) is 0 Å². The van der Waals surface area contributed by atoms with Gasteiger partial charge in [0, 0.05) is 12.1 Å². The Morgan fingerprint density at radius 2 is 2.00 bits per heavy atom. The Hall–Kier alpha value is -2.89. The van der Waals surface area contributed by atoms with Crippen molar-refractivity contribution in [2.75, 3.05) is 12.0 Å². The lowest BCUT2D eigenvalue weighted by atomic mass is 10.1. The zero-order valence-corrected chi connectivity index (χ0v) is 13.8. The molecule has 0 saturated carbocycles. The molecule has 2 rings (SSSR count). The van der Waals surface area contributed by atoms with Crippen LogP contribution in [0.25, 0.3) is 0 Å². The van der Waals surface area contributed by atoms with E-state index in [0.29, 0.717) is 18.2 Å². The maximum absolute atomic E-state index is 10.7. The van der Waals surface area contributed by atoms with Gasteiger partial charge in [-0.3, -0.25) is 15.5 Å². The van der Waals surface area contributed by atoms with E-state index in [-0.39, 0.29) is 5.69 Å². The number of nitrogens with zero attached hydrogens (tertiary/aromatic N) is 2. The highest BCUT2D eigenvalue weighted by molar-refractivity contribution is 5.80. The number of hydrazone groups is 1. The van der Waals surface area contributed by atoms with Gasteiger partial charge in [0.05, 0.1) is 23.4 Å². The summed E-state index contributed by atoms with van der Waals surface area (Å²) in [5.41, 5.74) is 4.28. The first-order valence-electron chi connectivity index (χ1n) is 7.81. The standard InChI is InChI=1S/C18H21N3O3/c1-14(2)10-11-24-18-8-6-15(7-9-18)13-19-20-16-4-3-5-17(12-16)21(22)23/h3-9,12-14,20H,10-11H2,1-2H3. The van der Waals surface area contributed by atoms with E-state index < -0.39 is 4.92 Å². The van der Waals surface area contributed by atoms with Gasteiger partial charge in [-0.1, -0.05) is 19.9 Å². The first-order valence-corrected chi connectivity index (χ1v) is 7.81. The first kappa shape index (κ1) is 17.5. The monoisotopic (exact) mass is 327 g/mol. The fourth-order valence-corrected chi connectivity index (χ4v) is 1.93. The molecule has 0 aliphatic carbocycles. The van der Waals surface area contributed by atoms with Crippen molar-refractivity contribution in [3.05, 3.63) is 64.2 Å². The molecular weight excluding hydrogens is 306 g/mol. The van der Waals surface area contributed by atoms with Crippen molar-refractivity contribution in [2.24, 2.45) is 11.0 Å². The third-order valence-corrected chi connectivity index (χ3v) is 3.31. The van der Waals surface area contributed by atoms with Crippen LogP contribution >= 0.6 is 0 Å². The molecule has 0 aromatic heterocycles. The lowest BCUT2D eigenvalue weighted by Gasteiger charge is -2.07. The normalized spacial score (nSPS) is 11.0. The molecule has 0 amide bonds. The van der Waals surface area contributed by atoms with E-state index in [2.05, 4.69) is 24.4 Å². The van der Waals surface area contributed by atoms with E-state index in [9.17, 15) is 10.1 Å². The van der Waals surface area contributed by atoms with E-state index in [4.69, 9.17) is 4.74 Å². The molecule has 0 bridgehead atoms. The van der Waals surface area contributed by atoms with E-state index >= 15 is 0 Å². The van der Waals surface area contributed by atoms with E-state index in [1.807, 2.05) is 24.3 Å². The number of anilines is 1. The number of benzene rings is 2. The van der Waals surface area contributed by atoms with Crippen LogP contribution in [0.1, 0.15) is 25.8 Å². The highest BCUT2D eigenvalue weighted by Crippen LogP contribution is 2.17. The van der Waals surface area contributed by atoms with Crippen molar-refractivity contribution in [1.29, 1.82) is 0 Å². The molecule has 0 atom stereocenters. The van der Waals surface area contributed by atoms with Crippen molar-refractivity contribution in [3.63, 3.8) is 0 Å². The highest BCUT2D eigenvalue weighted by atomic mass is 16.6. The number of nitro benzene ring substituents is 1. The number of nitrogens with one attached hydrogen (secondary N) is 1. The number of ether oxygens (including phenoxy) is 1. The summed E-state index contributed by atoms with van der Waals surface area (Å²) in [5.74, 6) is 1.45. The summed E-state index contributed by atoms with van der Waals surface area (Å²) in [6.45, 7) is 5.04. The molecule has 0 heterocycles. The summed E-state index contributed by atoms with van der Waals surface area (Å²) in [6.07, 6.45) is 2.67. The Bertz CT molecular complexity index is 697. The quantitative estimate of drug-likeness (QED) is 0.441. The van der Waals surface area contributed by atoms with Crippen LogP contribution in [0.15, 0.2) is 53.6 Å². The summed E-state index contributed by atoms with van der Waals surface area (Å²) in [4.78, 5) is 10.3. The smallest absolute Gasteiger partial charge is 0.271 e. The Morgan fingerprint density at radius 3 is 2.67 bits per heavy atom. The average Bonchev–Trinajstić information content (AvgIpc) is 2.56. The third kappa shape index (κ3) is 5.72. The van der Waals surface area contributed by atoms with Gasteiger partial charge in [-0.25, -0.2) is 0 Å². The maximum Gasteiger partial charge on any atom is 0.271 e. The number of hydrogen-bond donors (Lipinski definition) is 1. The van der Waals surface area contributed by atoms with Crippen molar-refractivity contribution >= 4 is 17.6 Å². The Balaban J connectivity index is 1.88. The molecular formula is C18H21N3O3. The molecule has 0 saturated heterocycles. The number of rotatable bonds is 8. The van der Waals surface area contributed by atoms with Gasteiger partial charge in [-0.05, 0) is 48.2 Å². The molecule has 0 unspecified atom stereocenters. The molecule has 24 heavy (non-hydrogen) atoms. The summed E-state index contributed by atoms with van der Waals surface area (Å²) in [6, 6.07) is 13.8. The topological polar surface area (TPSA) is 76.8 Å². The third-order valence-electron chi connectivity index (χ3n) is 3.31.